The van der Waals surface area contributed by atoms with Gasteiger partial charge in [0.05, 0.1) is 5.75 Å². The van der Waals surface area contributed by atoms with Gasteiger partial charge in [0.15, 0.2) is 0 Å². The van der Waals surface area contributed by atoms with Crippen molar-refractivity contribution in [2.75, 3.05) is 5.75 Å². The van der Waals surface area contributed by atoms with E-state index in [2.05, 4.69) is 32.0 Å². The Morgan fingerprint density at radius 2 is 1.58 bits per heavy atom. The third-order valence-corrected chi connectivity index (χ3v) is 4.37. The van der Waals surface area contributed by atoms with Gasteiger partial charge in [-0.05, 0) is 36.6 Å². The average molecular weight is 270 g/mol. The zero-order valence-electron chi connectivity index (χ0n) is 11.3. The summed E-state index contributed by atoms with van der Waals surface area (Å²) < 4.78 is 0. The lowest BCUT2D eigenvalue weighted by Crippen LogP contribution is -2.06. The molecule has 0 N–H and O–H groups in total. The number of rotatable bonds is 5. The molecule has 0 heterocycles. The van der Waals surface area contributed by atoms with E-state index in [1.54, 1.807) is 11.8 Å². The SMILES string of the molecule is Cc1ccccc1CC(=O)CSc1ccccc1C. The number of carbonyl (C=O) groups excluding carboxylic acids is 1. The van der Waals surface area contributed by atoms with Crippen molar-refractivity contribution in [2.45, 2.75) is 25.2 Å². The van der Waals surface area contributed by atoms with E-state index in [9.17, 15) is 4.79 Å². The van der Waals surface area contributed by atoms with E-state index in [0.717, 1.165) is 5.56 Å². The fraction of sp³-hybridized carbons (Fsp3) is 0.235. The Labute approximate surface area is 119 Å². The maximum absolute atomic E-state index is 12.0. The summed E-state index contributed by atoms with van der Waals surface area (Å²) in [5.41, 5.74) is 3.56. The van der Waals surface area contributed by atoms with Crippen LogP contribution in [-0.2, 0) is 11.2 Å². The average Bonchev–Trinajstić information content (AvgIpc) is 2.40. The molecular weight excluding hydrogens is 252 g/mol. The van der Waals surface area contributed by atoms with Gasteiger partial charge in [-0.3, -0.25) is 4.79 Å². The van der Waals surface area contributed by atoms with Crippen LogP contribution in [0.2, 0.25) is 0 Å². The highest BCUT2D eigenvalue weighted by Gasteiger charge is 2.07. The number of aryl methyl sites for hydroxylation is 2. The van der Waals surface area contributed by atoms with Crippen LogP contribution in [0.15, 0.2) is 53.4 Å². The van der Waals surface area contributed by atoms with Crippen molar-refractivity contribution in [3.63, 3.8) is 0 Å². The third kappa shape index (κ3) is 3.97. The molecule has 0 fully saturated rings. The summed E-state index contributed by atoms with van der Waals surface area (Å²) in [5.74, 6) is 0.821. The summed E-state index contributed by atoms with van der Waals surface area (Å²) in [7, 11) is 0. The minimum absolute atomic E-state index is 0.280. The molecule has 0 atom stereocenters. The van der Waals surface area contributed by atoms with E-state index >= 15 is 0 Å². The Kier molecular flexibility index (Phi) is 4.80. The second-order valence-corrected chi connectivity index (χ2v) is 5.71. The van der Waals surface area contributed by atoms with Gasteiger partial charge in [-0.25, -0.2) is 0 Å². The second-order valence-electron chi connectivity index (χ2n) is 4.70. The van der Waals surface area contributed by atoms with Crippen molar-refractivity contribution in [1.82, 2.24) is 0 Å². The molecule has 2 heteroatoms. The standard InChI is InChI=1S/C17H18OS/c1-13-7-3-5-9-15(13)11-16(18)12-19-17-10-6-4-8-14(17)2/h3-10H,11-12H2,1-2H3. The number of benzene rings is 2. The van der Waals surface area contributed by atoms with Crippen molar-refractivity contribution in [1.29, 1.82) is 0 Å². The molecular formula is C17H18OS. The molecule has 0 unspecified atom stereocenters. The van der Waals surface area contributed by atoms with E-state index in [1.165, 1.54) is 16.0 Å². The van der Waals surface area contributed by atoms with Gasteiger partial charge in [0.2, 0.25) is 0 Å². The smallest absolute Gasteiger partial charge is 0.147 e. The van der Waals surface area contributed by atoms with Crippen LogP contribution in [0.25, 0.3) is 0 Å². The lowest BCUT2D eigenvalue weighted by Gasteiger charge is -2.06. The first-order valence-corrected chi connectivity index (χ1v) is 7.40. The predicted molar refractivity (Wildman–Crippen MR) is 81.8 cm³/mol. The van der Waals surface area contributed by atoms with Gasteiger partial charge in [-0.1, -0.05) is 42.5 Å². The first-order chi connectivity index (χ1) is 9.16. The number of hydrogen-bond donors (Lipinski definition) is 0. The van der Waals surface area contributed by atoms with Gasteiger partial charge in [0, 0.05) is 11.3 Å². The maximum atomic E-state index is 12.0. The highest BCUT2D eigenvalue weighted by atomic mass is 32.2. The summed E-state index contributed by atoms with van der Waals surface area (Å²) in [5, 5.41) is 0. The molecule has 98 valence electrons. The van der Waals surface area contributed by atoms with Crippen molar-refractivity contribution in [2.24, 2.45) is 0 Å². The molecule has 0 radical (unpaired) electrons. The van der Waals surface area contributed by atoms with Gasteiger partial charge in [0.1, 0.15) is 5.78 Å². The summed E-state index contributed by atoms with van der Waals surface area (Å²) in [6.07, 6.45) is 0.533. The summed E-state index contributed by atoms with van der Waals surface area (Å²) in [4.78, 5) is 13.2. The predicted octanol–water partition coefficient (Wildman–Crippen LogP) is 4.21. The monoisotopic (exact) mass is 270 g/mol. The number of Topliss-reactive ketones (excluding diaryl/α,β-unsaturated/α-hetero) is 1. The molecule has 0 aromatic heterocycles. The molecule has 1 nitrogen and oxygen atoms in total. The number of hydrogen-bond acceptors (Lipinski definition) is 2. The Morgan fingerprint density at radius 3 is 2.26 bits per heavy atom. The van der Waals surface area contributed by atoms with Gasteiger partial charge >= 0.3 is 0 Å². The molecule has 2 aromatic rings. The quantitative estimate of drug-likeness (QED) is 0.757. The van der Waals surface area contributed by atoms with Crippen LogP contribution in [-0.4, -0.2) is 11.5 Å². The molecule has 19 heavy (non-hydrogen) atoms. The van der Waals surface area contributed by atoms with E-state index in [1.807, 2.05) is 30.3 Å². The van der Waals surface area contributed by atoms with Crippen LogP contribution in [0.4, 0.5) is 0 Å². The molecule has 0 saturated heterocycles. The van der Waals surface area contributed by atoms with Crippen molar-refractivity contribution >= 4 is 17.5 Å². The van der Waals surface area contributed by atoms with Crippen molar-refractivity contribution in [3.05, 3.63) is 65.2 Å². The van der Waals surface area contributed by atoms with Crippen LogP contribution in [0.3, 0.4) is 0 Å². The zero-order chi connectivity index (χ0) is 13.7. The molecule has 0 bridgehead atoms. The molecule has 2 aromatic carbocycles. The van der Waals surface area contributed by atoms with Crippen molar-refractivity contribution in [3.8, 4) is 0 Å². The largest absolute Gasteiger partial charge is 0.298 e. The van der Waals surface area contributed by atoms with Crippen LogP contribution in [0, 0.1) is 13.8 Å². The highest BCUT2D eigenvalue weighted by molar-refractivity contribution is 8.00. The fourth-order valence-corrected chi connectivity index (χ4v) is 2.84. The molecule has 0 saturated carbocycles. The lowest BCUT2D eigenvalue weighted by molar-refractivity contribution is -0.116. The van der Waals surface area contributed by atoms with Crippen LogP contribution < -0.4 is 0 Å². The summed E-state index contributed by atoms with van der Waals surface area (Å²) in [6, 6.07) is 16.3. The Bertz CT molecular complexity index is 575. The van der Waals surface area contributed by atoms with Crippen molar-refractivity contribution < 1.29 is 4.79 Å². The molecule has 0 amide bonds. The Balaban J connectivity index is 1.92. The van der Waals surface area contributed by atoms with E-state index in [4.69, 9.17) is 0 Å². The number of thioether (sulfide) groups is 1. The highest BCUT2D eigenvalue weighted by Crippen LogP contribution is 2.22. The molecule has 0 aliphatic heterocycles. The zero-order valence-corrected chi connectivity index (χ0v) is 12.2. The van der Waals surface area contributed by atoms with Crippen LogP contribution in [0.1, 0.15) is 16.7 Å². The van der Waals surface area contributed by atoms with Crippen LogP contribution in [0.5, 0.6) is 0 Å². The Hall–Kier alpha value is -1.54. The second kappa shape index (κ2) is 6.58. The molecule has 0 aliphatic rings. The molecule has 0 aliphatic carbocycles. The first-order valence-electron chi connectivity index (χ1n) is 6.41. The lowest BCUT2D eigenvalue weighted by atomic mass is 10.0. The topological polar surface area (TPSA) is 17.1 Å². The van der Waals surface area contributed by atoms with Gasteiger partial charge in [-0.2, -0.15) is 0 Å². The number of ketones is 1. The van der Waals surface area contributed by atoms with Gasteiger partial charge in [0.25, 0.3) is 0 Å². The van der Waals surface area contributed by atoms with E-state index in [-0.39, 0.29) is 5.78 Å². The van der Waals surface area contributed by atoms with E-state index in [0.29, 0.717) is 12.2 Å². The molecule has 2 rings (SSSR count). The summed E-state index contributed by atoms with van der Waals surface area (Å²) >= 11 is 1.63. The fourth-order valence-electron chi connectivity index (χ4n) is 1.95. The maximum Gasteiger partial charge on any atom is 0.147 e. The number of carbonyl (C=O) groups is 1. The van der Waals surface area contributed by atoms with Gasteiger partial charge < -0.3 is 0 Å². The first kappa shape index (κ1) is 13.9. The Morgan fingerprint density at radius 1 is 0.947 bits per heavy atom. The van der Waals surface area contributed by atoms with Gasteiger partial charge in [-0.15, -0.1) is 11.8 Å². The minimum atomic E-state index is 0.280. The normalized spacial score (nSPS) is 10.4. The summed E-state index contributed by atoms with van der Waals surface area (Å²) in [6.45, 7) is 4.13. The third-order valence-electron chi connectivity index (χ3n) is 3.13. The van der Waals surface area contributed by atoms with E-state index < -0.39 is 0 Å². The minimum Gasteiger partial charge on any atom is -0.298 e. The van der Waals surface area contributed by atoms with Crippen LogP contribution >= 0.6 is 11.8 Å². The molecule has 0 spiro atoms.